The molecule has 2 aromatic carbocycles. The molecule has 0 spiro atoms. The van der Waals surface area contributed by atoms with Crippen molar-refractivity contribution < 1.29 is 5.11 Å². The molecule has 100 valence electrons. The fraction of sp³-hybridized carbons (Fsp3) is 0.143. The zero-order chi connectivity index (χ0) is 14.0. The number of halogens is 3. The van der Waals surface area contributed by atoms with E-state index in [4.69, 9.17) is 40.5 Å². The van der Waals surface area contributed by atoms with Gasteiger partial charge in [-0.3, -0.25) is 0 Å². The van der Waals surface area contributed by atoms with Crippen LogP contribution >= 0.6 is 34.8 Å². The Labute approximate surface area is 126 Å². The summed E-state index contributed by atoms with van der Waals surface area (Å²) in [7, 11) is 0. The Morgan fingerprint density at radius 2 is 1.32 bits per heavy atom. The van der Waals surface area contributed by atoms with Gasteiger partial charge in [0.15, 0.2) is 0 Å². The van der Waals surface area contributed by atoms with Crippen molar-refractivity contribution in [1.82, 2.24) is 0 Å². The number of aliphatic hydroxyl groups is 1. The van der Waals surface area contributed by atoms with E-state index in [1.165, 1.54) is 0 Å². The summed E-state index contributed by atoms with van der Waals surface area (Å²) in [4.78, 5) is 0. The van der Waals surface area contributed by atoms with E-state index in [2.05, 4.69) is 0 Å². The van der Waals surface area contributed by atoms with Crippen LogP contribution in [-0.2, 0) is 0 Å². The molecule has 0 radical (unpaired) electrons. The molecule has 2 aromatic rings. The minimum absolute atomic E-state index is 0.463. The number of hydrogen-bond acceptors (Lipinski definition) is 2. The highest BCUT2D eigenvalue weighted by molar-refractivity contribution is 6.34. The van der Waals surface area contributed by atoms with Crippen molar-refractivity contribution in [2.75, 3.05) is 0 Å². The van der Waals surface area contributed by atoms with Crippen LogP contribution in [0, 0.1) is 0 Å². The minimum Gasteiger partial charge on any atom is -0.386 e. The lowest BCUT2D eigenvalue weighted by atomic mass is 9.97. The van der Waals surface area contributed by atoms with Gasteiger partial charge < -0.3 is 10.8 Å². The van der Waals surface area contributed by atoms with Crippen LogP contribution in [0.4, 0.5) is 0 Å². The molecule has 0 aliphatic heterocycles. The lowest BCUT2D eigenvalue weighted by Gasteiger charge is -2.20. The monoisotopic (exact) mass is 315 g/mol. The van der Waals surface area contributed by atoms with Crippen LogP contribution in [0.15, 0.2) is 42.5 Å². The molecule has 2 rings (SSSR count). The van der Waals surface area contributed by atoms with E-state index in [0.29, 0.717) is 20.6 Å². The average molecular weight is 317 g/mol. The molecule has 19 heavy (non-hydrogen) atoms. The number of benzene rings is 2. The van der Waals surface area contributed by atoms with Crippen molar-refractivity contribution >= 4 is 34.8 Å². The van der Waals surface area contributed by atoms with Gasteiger partial charge in [0.1, 0.15) is 0 Å². The SMILES string of the molecule is N[C@H](c1ccc(Cl)cc1)[C@H](O)c1cc(Cl)cc(Cl)c1. The molecule has 0 amide bonds. The largest absolute Gasteiger partial charge is 0.386 e. The van der Waals surface area contributed by atoms with Crippen LogP contribution in [-0.4, -0.2) is 5.11 Å². The molecule has 0 unspecified atom stereocenters. The van der Waals surface area contributed by atoms with Gasteiger partial charge in [-0.15, -0.1) is 0 Å². The topological polar surface area (TPSA) is 46.2 Å². The molecule has 0 bridgehead atoms. The summed E-state index contributed by atoms with van der Waals surface area (Å²) >= 11 is 17.6. The summed E-state index contributed by atoms with van der Waals surface area (Å²) < 4.78 is 0. The van der Waals surface area contributed by atoms with Gasteiger partial charge >= 0.3 is 0 Å². The second kappa shape index (κ2) is 6.12. The maximum Gasteiger partial charge on any atom is 0.0983 e. The zero-order valence-electron chi connectivity index (χ0n) is 9.85. The van der Waals surface area contributed by atoms with Gasteiger partial charge in [0, 0.05) is 15.1 Å². The quantitative estimate of drug-likeness (QED) is 0.882. The smallest absolute Gasteiger partial charge is 0.0983 e. The number of nitrogens with two attached hydrogens (primary N) is 1. The highest BCUT2D eigenvalue weighted by atomic mass is 35.5. The van der Waals surface area contributed by atoms with E-state index < -0.39 is 12.1 Å². The van der Waals surface area contributed by atoms with Gasteiger partial charge in [-0.1, -0.05) is 46.9 Å². The molecule has 2 nitrogen and oxygen atoms in total. The first-order valence-electron chi connectivity index (χ1n) is 5.62. The van der Waals surface area contributed by atoms with Crippen molar-refractivity contribution in [3.05, 3.63) is 68.7 Å². The second-order valence-corrected chi connectivity index (χ2v) is 5.53. The first-order valence-corrected chi connectivity index (χ1v) is 6.76. The molecule has 0 heterocycles. The average Bonchev–Trinajstić information content (AvgIpc) is 2.37. The predicted octanol–water partition coefficient (Wildman–Crippen LogP) is 4.38. The lowest BCUT2D eigenvalue weighted by molar-refractivity contribution is 0.147. The number of rotatable bonds is 3. The fourth-order valence-electron chi connectivity index (χ4n) is 1.82. The molecule has 0 fully saturated rings. The van der Waals surface area contributed by atoms with Crippen molar-refractivity contribution in [2.45, 2.75) is 12.1 Å². The lowest BCUT2D eigenvalue weighted by Crippen LogP contribution is -2.19. The van der Waals surface area contributed by atoms with Gasteiger partial charge in [0.2, 0.25) is 0 Å². The van der Waals surface area contributed by atoms with Crippen LogP contribution in [0.25, 0.3) is 0 Å². The summed E-state index contributed by atoms with van der Waals surface area (Å²) in [6.45, 7) is 0. The molecule has 0 aliphatic carbocycles. The van der Waals surface area contributed by atoms with Crippen LogP contribution in [0.2, 0.25) is 15.1 Å². The Morgan fingerprint density at radius 1 is 0.789 bits per heavy atom. The molecule has 0 aromatic heterocycles. The Kier molecular flexibility index (Phi) is 4.71. The van der Waals surface area contributed by atoms with E-state index >= 15 is 0 Å². The second-order valence-electron chi connectivity index (χ2n) is 4.22. The van der Waals surface area contributed by atoms with Crippen LogP contribution in [0.5, 0.6) is 0 Å². The van der Waals surface area contributed by atoms with Crippen molar-refractivity contribution in [3.63, 3.8) is 0 Å². The summed E-state index contributed by atoms with van der Waals surface area (Å²) in [5, 5.41) is 11.8. The maximum absolute atomic E-state index is 10.3. The van der Waals surface area contributed by atoms with Gasteiger partial charge in [0.05, 0.1) is 12.1 Å². The minimum atomic E-state index is -0.891. The Hall–Kier alpha value is -0.770. The Morgan fingerprint density at radius 3 is 1.84 bits per heavy atom. The van der Waals surface area contributed by atoms with Crippen LogP contribution < -0.4 is 5.73 Å². The Bertz CT molecular complexity index is 551. The van der Waals surface area contributed by atoms with Gasteiger partial charge in [-0.2, -0.15) is 0 Å². The third kappa shape index (κ3) is 3.62. The first-order chi connectivity index (χ1) is 8.97. The zero-order valence-corrected chi connectivity index (χ0v) is 12.1. The van der Waals surface area contributed by atoms with E-state index in [9.17, 15) is 5.11 Å². The molecule has 0 saturated carbocycles. The predicted molar refractivity (Wildman–Crippen MR) is 79.8 cm³/mol. The third-order valence-corrected chi connectivity index (χ3v) is 3.51. The van der Waals surface area contributed by atoms with Crippen molar-refractivity contribution in [2.24, 2.45) is 5.73 Å². The maximum atomic E-state index is 10.3. The molecule has 0 aliphatic rings. The summed E-state index contributed by atoms with van der Waals surface area (Å²) in [6, 6.07) is 11.3. The van der Waals surface area contributed by atoms with Gasteiger partial charge in [0.25, 0.3) is 0 Å². The van der Waals surface area contributed by atoms with Gasteiger partial charge in [-0.25, -0.2) is 0 Å². The van der Waals surface area contributed by atoms with Crippen molar-refractivity contribution in [1.29, 1.82) is 0 Å². The van der Waals surface area contributed by atoms with E-state index in [0.717, 1.165) is 5.56 Å². The molecule has 5 heteroatoms. The molecule has 2 atom stereocenters. The molecular weight excluding hydrogens is 305 g/mol. The Balaban J connectivity index is 2.27. The van der Waals surface area contributed by atoms with E-state index in [1.807, 2.05) is 0 Å². The third-order valence-electron chi connectivity index (χ3n) is 2.82. The summed E-state index contributed by atoms with van der Waals surface area (Å²) in [6.07, 6.45) is -0.891. The highest BCUT2D eigenvalue weighted by Crippen LogP contribution is 2.30. The van der Waals surface area contributed by atoms with Gasteiger partial charge in [-0.05, 0) is 41.5 Å². The molecule has 0 saturated heterocycles. The number of hydrogen-bond donors (Lipinski definition) is 2. The molecular formula is C14H12Cl3NO. The van der Waals surface area contributed by atoms with E-state index in [1.54, 1.807) is 42.5 Å². The first kappa shape index (κ1) is 14.6. The number of aliphatic hydroxyl groups excluding tert-OH is 1. The fourth-order valence-corrected chi connectivity index (χ4v) is 2.49. The van der Waals surface area contributed by atoms with Crippen LogP contribution in [0.3, 0.4) is 0 Å². The van der Waals surface area contributed by atoms with Crippen LogP contribution in [0.1, 0.15) is 23.3 Å². The van der Waals surface area contributed by atoms with E-state index in [-0.39, 0.29) is 0 Å². The standard InChI is InChI=1S/C14H12Cl3NO/c15-10-3-1-8(2-4-10)13(18)14(19)9-5-11(16)7-12(17)6-9/h1-7,13-14,19H,18H2/t13-,14-/m1/s1. The molecule has 3 N–H and O–H groups in total. The summed E-state index contributed by atoms with van der Waals surface area (Å²) in [5.74, 6) is 0. The highest BCUT2D eigenvalue weighted by Gasteiger charge is 2.19. The normalized spacial score (nSPS) is 14.2. The summed E-state index contributed by atoms with van der Waals surface area (Å²) in [5.41, 5.74) is 7.41. The van der Waals surface area contributed by atoms with Crippen molar-refractivity contribution in [3.8, 4) is 0 Å².